The number of anilines is 2. The monoisotopic (exact) mass is 366 g/mol. The summed E-state index contributed by atoms with van der Waals surface area (Å²) in [7, 11) is 0. The summed E-state index contributed by atoms with van der Waals surface area (Å²) in [5, 5.41) is 2.84. The standard InChI is InChI=1S/C21H26N4O2/c22-18-7-4-6-17(16-18)21(27)23-11-5-10-20(26)25-14-12-24(13-15-25)19-8-2-1-3-9-19/h1-4,6-9,16H,5,10-15,22H2,(H,23,27). The molecular weight excluding hydrogens is 340 g/mol. The Hall–Kier alpha value is -3.02. The number of carbonyl (C=O) groups excluding carboxylic acids is 2. The quantitative estimate of drug-likeness (QED) is 0.606. The molecule has 6 heteroatoms. The van der Waals surface area contributed by atoms with Gasteiger partial charge in [-0.15, -0.1) is 0 Å². The highest BCUT2D eigenvalue weighted by Gasteiger charge is 2.20. The SMILES string of the molecule is Nc1cccc(C(=O)NCCCC(=O)N2CCN(c3ccccc3)CC2)c1. The van der Waals surface area contributed by atoms with Crippen LogP contribution >= 0.6 is 0 Å². The Morgan fingerprint density at radius 1 is 0.963 bits per heavy atom. The van der Waals surface area contributed by atoms with Crippen LogP contribution < -0.4 is 16.0 Å². The van der Waals surface area contributed by atoms with E-state index in [-0.39, 0.29) is 11.8 Å². The molecule has 0 saturated carbocycles. The Bertz CT molecular complexity index is 771. The largest absolute Gasteiger partial charge is 0.399 e. The zero-order chi connectivity index (χ0) is 19.1. The highest BCUT2D eigenvalue weighted by molar-refractivity contribution is 5.95. The number of rotatable bonds is 6. The van der Waals surface area contributed by atoms with E-state index >= 15 is 0 Å². The van der Waals surface area contributed by atoms with Crippen molar-refractivity contribution in [1.29, 1.82) is 0 Å². The number of carbonyl (C=O) groups is 2. The normalized spacial score (nSPS) is 14.1. The third-order valence-corrected chi connectivity index (χ3v) is 4.76. The van der Waals surface area contributed by atoms with Gasteiger partial charge in [0.2, 0.25) is 5.91 Å². The molecule has 2 aromatic carbocycles. The van der Waals surface area contributed by atoms with Gasteiger partial charge in [0.1, 0.15) is 0 Å². The fraction of sp³-hybridized carbons (Fsp3) is 0.333. The molecule has 1 heterocycles. The molecule has 0 spiro atoms. The minimum Gasteiger partial charge on any atom is -0.399 e. The van der Waals surface area contributed by atoms with Crippen LogP contribution in [0.2, 0.25) is 0 Å². The predicted molar refractivity (Wildman–Crippen MR) is 108 cm³/mol. The van der Waals surface area contributed by atoms with Gasteiger partial charge >= 0.3 is 0 Å². The van der Waals surface area contributed by atoms with E-state index in [1.807, 2.05) is 23.1 Å². The number of piperazine rings is 1. The first-order chi connectivity index (χ1) is 13.1. The van der Waals surface area contributed by atoms with E-state index in [4.69, 9.17) is 5.73 Å². The molecule has 2 aromatic rings. The molecule has 1 aliphatic heterocycles. The van der Waals surface area contributed by atoms with Gasteiger partial charge in [-0.1, -0.05) is 24.3 Å². The van der Waals surface area contributed by atoms with E-state index in [1.54, 1.807) is 24.3 Å². The van der Waals surface area contributed by atoms with Crippen molar-refractivity contribution in [3.8, 4) is 0 Å². The molecule has 2 amide bonds. The number of hydrogen-bond acceptors (Lipinski definition) is 4. The smallest absolute Gasteiger partial charge is 0.251 e. The van der Waals surface area contributed by atoms with Gasteiger partial charge in [0.05, 0.1) is 0 Å². The maximum atomic E-state index is 12.4. The van der Waals surface area contributed by atoms with Crippen LogP contribution in [0.4, 0.5) is 11.4 Å². The second-order valence-electron chi connectivity index (χ2n) is 6.69. The number of nitrogens with one attached hydrogen (secondary N) is 1. The summed E-state index contributed by atoms with van der Waals surface area (Å²) < 4.78 is 0. The number of nitrogens with zero attached hydrogens (tertiary/aromatic N) is 2. The Morgan fingerprint density at radius 2 is 1.70 bits per heavy atom. The molecule has 0 aromatic heterocycles. The molecule has 1 fully saturated rings. The van der Waals surface area contributed by atoms with E-state index in [0.717, 1.165) is 26.2 Å². The number of hydrogen-bond donors (Lipinski definition) is 2. The van der Waals surface area contributed by atoms with Crippen molar-refractivity contribution < 1.29 is 9.59 Å². The van der Waals surface area contributed by atoms with Crippen LogP contribution in [0.3, 0.4) is 0 Å². The van der Waals surface area contributed by atoms with Gasteiger partial charge in [0.15, 0.2) is 0 Å². The number of nitrogen functional groups attached to an aromatic ring is 1. The molecule has 3 rings (SSSR count). The predicted octanol–water partition coefficient (Wildman–Crippen LogP) is 2.13. The van der Waals surface area contributed by atoms with Gasteiger partial charge in [-0.2, -0.15) is 0 Å². The fourth-order valence-electron chi connectivity index (χ4n) is 3.23. The summed E-state index contributed by atoms with van der Waals surface area (Å²) in [6.07, 6.45) is 1.08. The lowest BCUT2D eigenvalue weighted by Gasteiger charge is -2.36. The maximum absolute atomic E-state index is 12.4. The fourth-order valence-corrected chi connectivity index (χ4v) is 3.23. The lowest BCUT2D eigenvalue weighted by atomic mass is 10.2. The van der Waals surface area contributed by atoms with Gasteiger partial charge in [-0.05, 0) is 36.8 Å². The van der Waals surface area contributed by atoms with Crippen molar-refractivity contribution in [2.45, 2.75) is 12.8 Å². The third-order valence-electron chi connectivity index (χ3n) is 4.76. The highest BCUT2D eigenvalue weighted by atomic mass is 16.2. The molecule has 142 valence electrons. The zero-order valence-electron chi connectivity index (χ0n) is 15.4. The van der Waals surface area contributed by atoms with Crippen LogP contribution in [0.5, 0.6) is 0 Å². The highest BCUT2D eigenvalue weighted by Crippen LogP contribution is 2.16. The molecule has 27 heavy (non-hydrogen) atoms. The molecule has 0 unspecified atom stereocenters. The lowest BCUT2D eigenvalue weighted by molar-refractivity contribution is -0.131. The second kappa shape index (κ2) is 9.07. The molecule has 0 aliphatic carbocycles. The van der Waals surface area contributed by atoms with Crippen LogP contribution in [0.25, 0.3) is 0 Å². The molecule has 0 radical (unpaired) electrons. The first-order valence-corrected chi connectivity index (χ1v) is 9.35. The van der Waals surface area contributed by atoms with Crippen molar-refractivity contribution in [2.24, 2.45) is 0 Å². The summed E-state index contributed by atoms with van der Waals surface area (Å²) in [6.45, 7) is 3.65. The molecule has 1 aliphatic rings. The van der Waals surface area contributed by atoms with Crippen molar-refractivity contribution in [3.05, 3.63) is 60.2 Å². The van der Waals surface area contributed by atoms with Crippen molar-refractivity contribution >= 4 is 23.2 Å². The van der Waals surface area contributed by atoms with Crippen LogP contribution in [-0.4, -0.2) is 49.4 Å². The first-order valence-electron chi connectivity index (χ1n) is 9.35. The van der Waals surface area contributed by atoms with Gasteiger partial charge in [0, 0.05) is 56.1 Å². The molecule has 3 N–H and O–H groups in total. The Morgan fingerprint density at radius 3 is 2.41 bits per heavy atom. The summed E-state index contributed by atoms with van der Waals surface area (Å²) in [5.41, 5.74) is 7.99. The topological polar surface area (TPSA) is 78.7 Å². The van der Waals surface area contributed by atoms with Gasteiger partial charge in [-0.3, -0.25) is 9.59 Å². The third kappa shape index (κ3) is 5.23. The van der Waals surface area contributed by atoms with E-state index in [9.17, 15) is 9.59 Å². The van der Waals surface area contributed by atoms with Crippen molar-refractivity contribution in [3.63, 3.8) is 0 Å². The van der Waals surface area contributed by atoms with Gasteiger partial charge < -0.3 is 20.9 Å². The lowest BCUT2D eigenvalue weighted by Crippen LogP contribution is -2.48. The average molecular weight is 366 g/mol. The van der Waals surface area contributed by atoms with E-state index in [0.29, 0.717) is 30.6 Å². The average Bonchev–Trinajstić information content (AvgIpc) is 2.71. The van der Waals surface area contributed by atoms with Crippen LogP contribution in [0, 0.1) is 0 Å². The van der Waals surface area contributed by atoms with Gasteiger partial charge in [0.25, 0.3) is 5.91 Å². The second-order valence-corrected chi connectivity index (χ2v) is 6.69. The number of amides is 2. The molecular formula is C21H26N4O2. The summed E-state index contributed by atoms with van der Waals surface area (Å²) in [6, 6.07) is 17.1. The van der Waals surface area contributed by atoms with Crippen molar-refractivity contribution in [1.82, 2.24) is 10.2 Å². The Kier molecular flexibility index (Phi) is 6.30. The van der Waals surface area contributed by atoms with Crippen LogP contribution in [0.1, 0.15) is 23.2 Å². The molecule has 0 bridgehead atoms. The maximum Gasteiger partial charge on any atom is 0.251 e. The molecule has 1 saturated heterocycles. The van der Waals surface area contributed by atoms with E-state index < -0.39 is 0 Å². The number of nitrogens with two attached hydrogens (primary N) is 1. The number of para-hydroxylation sites is 1. The minimum atomic E-state index is -0.161. The van der Waals surface area contributed by atoms with Crippen LogP contribution in [-0.2, 0) is 4.79 Å². The zero-order valence-corrected chi connectivity index (χ0v) is 15.4. The van der Waals surface area contributed by atoms with E-state index in [2.05, 4.69) is 22.3 Å². The summed E-state index contributed by atoms with van der Waals surface area (Å²) >= 11 is 0. The summed E-state index contributed by atoms with van der Waals surface area (Å²) in [4.78, 5) is 28.6. The summed E-state index contributed by atoms with van der Waals surface area (Å²) in [5.74, 6) is -0.00728. The first kappa shape index (κ1) is 18.8. The van der Waals surface area contributed by atoms with Crippen LogP contribution in [0.15, 0.2) is 54.6 Å². The van der Waals surface area contributed by atoms with Gasteiger partial charge in [-0.25, -0.2) is 0 Å². The molecule has 0 atom stereocenters. The molecule has 6 nitrogen and oxygen atoms in total. The Labute approximate surface area is 159 Å². The van der Waals surface area contributed by atoms with Crippen molar-refractivity contribution in [2.75, 3.05) is 43.4 Å². The Balaban J connectivity index is 1.36. The van der Waals surface area contributed by atoms with E-state index in [1.165, 1.54) is 5.69 Å². The number of benzene rings is 2. The minimum absolute atomic E-state index is 0.154.